The van der Waals surface area contributed by atoms with E-state index < -0.39 is 26.4 Å². The lowest BCUT2D eigenvalue weighted by Crippen LogP contribution is -2.13. The summed E-state index contributed by atoms with van der Waals surface area (Å²) in [5.41, 5.74) is -0.679. The van der Waals surface area contributed by atoms with E-state index >= 15 is 0 Å². The van der Waals surface area contributed by atoms with Gasteiger partial charge in [0.2, 0.25) is 0 Å². The van der Waals surface area contributed by atoms with Gasteiger partial charge in [0, 0.05) is 18.4 Å². The standard InChI is InChI=1S/C19H23F5O2S/c1-4-6-8-10-14-25-17-12-13-18(26-15-11-9-7-5-2)19(16(17)3)27(20,21,22,23)24/h12-13H,8-11,14-15H2,1-3H3. The van der Waals surface area contributed by atoms with Crippen molar-refractivity contribution >= 4 is 10.2 Å². The SMILES string of the molecule is CC#CCCCOc1ccc(OCCCC#CC)c(S(F)(F)(F)(F)F)c1C. The van der Waals surface area contributed by atoms with Gasteiger partial charge in [-0.15, -0.1) is 23.7 Å². The first-order valence-electron chi connectivity index (χ1n) is 8.33. The minimum Gasteiger partial charge on any atom is -0.493 e. The molecule has 1 aromatic rings. The Balaban J connectivity index is 3.11. The van der Waals surface area contributed by atoms with Crippen molar-refractivity contribution in [2.75, 3.05) is 13.2 Å². The molecule has 2 nitrogen and oxygen atoms in total. The van der Waals surface area contributed by atoms with E-state index in [1.807, 2.05) is 0 Å². The first kappa shape index (κ1) is 23.0. The summed E-state index contributed by atoms with van der Waals surface area (Å²) in [4.78, 5) is -2.03. The van der Waals surface area contributed by atoms with Crippen LogP contribution in [0.1, 0.15) is 45.1 Å². The lowest BCUT2D eigenvalue weighted by Gasteiger charge is -2.42. The van der Waals surface area contributed by atoms with E-state index in [1.165, 1.54) is 6.07 Å². The van der Waals surface area contributed by atoms with Gasteiger partial charge in [-0.05, 0) is 45.7 Å². The molecule has 27 heavy (non-hydrogen) atoms. The second-order valence-electron chi connectivity index (χ2n) is 5.74. The largest absolute Gasteiger partial charge is 0.493 e. The van der Waals surface area contributed by atoms with Crippen LogP contribution in [-0.2, 0) is 0 Å². The van der Waals surface area contributed by atoms with Gasteiger partial charge in [0.05, 0.1) is 13.2 Å². The number of ether oxygens (including phenoxy) is 2. The van der Waals surface area contributed by atoms with E-state index in [9.17, 15) is 19.4 Å². The summed E-state index contributed by atoms with van der Waals surface area (Å²) in [5.74, 6) is 9.71. The fourth-order valence-electron chi connectivity index (χ4n) is 2.33. The summed E-state index contributed by atoms with van der Waals surface area (Å²) < 4.78 is 78.2. The average Bonchev–Trinajstić information content (AvgIpc) is 2.53. The van der Waals surface area contributed by atoms with Crippen LogP contribution in [0.3, 0.4) is 0 Å². The molecule has 0 N–H and O–H groups in total. The smallest absolute Gasteiger partial charge is 0.314 e. The molecule has 0 radical (unpaired) electrons. The fraction of sp³-hybridized carbons (Fsp3) is 0.474. The van der Waals surface area contributed by atoms with Crippen molar-refractivity contribution in [2.24, 2.45) is 0 Å². The third-order valence-corrected chi connectivity index (χ3v) is 4.75. The Morgan fingerprint density at radius 3 is 1.70 bits per heavy atom. The Bertz CT molecular complexity index is 780. The lowest BCUT2D eigenvalue weighted by molar-refractivity contribution is 0.284. The summed E-state index contributed by atoms with van der Waals surface area (Å²) >= 11 is 0. The molecule has 0 aliphatic rings. The molecule has 1 aromatic carbocycles. The molecule has 0 fully saturated rings. The van der Waals surface area contributed by atoms with Gasteiger partial charge in [-0.1, -0.05) is 19.4 Å². The second-order valence-corrected chi connectivity index (χ2v) is 8.09. The van der Waals surface area contributed by atoms with Gasteiger partial charge in [0.25, 0.3) is 0 Å². The number of benzene rings is 1. The average molecular weight is 410 g/mol. The Labute approximate surface area is 157 Å². The molecule has 0 aliphatic heterocycles. The zero-order chi connectivity index (χ0) is 20.6. The van der Waals surface area contributed by atoms with Gasteiger partial charge in [-0.25, -0.2) is 0 Å². The fourth-order valence-corrected chi connectivity index (χ4v) is 3.52. The third-order valence-electron chi connectivity index (χ3n) is 3.47. The minimum atomic E-state index is -9.97. The molecule has 0 atom stereocenters. The van der Waals surface area contributed by atoms with Gasteiger partial charge in [-0.3, -0.25) is 0 Å². The highest BCUT2D eigenvalue weighted by molar-refractivity contribution is 8.45. The lowest BCUT2D eigenvalue weighted by atomic mass is 10.2. The Morgan fingerprint density at radius 1 is 0.815 bits per heavy atom. The molecule has 8 heteroatoms. The normalized spacial score (nSPS) is 13.3. The molecule has 0 spiro atoms. The van der Waals surface area contributed by atoms with Crippen LogP contribution >= 0.6 is 10.2 Å². The molecule has 1 rings (SSSR count). The van der Waals surface area contributed by atoms with Crippen molar-refractivity contribution < 1.29 is 28.9 Å². The Kier molecular flexibility index (Phi) is 7.07. The molecule has 0 aliphatic carbocycles. The quantitative estimate of drug-likeness (QED) is 0.247. The van der Waals surface area contributed by atoms with Gasteiger partial charge < -0.3 is 9.47 Å². The summed E-state index contributed by atoms with van der Waals surface area (Å²) in [6, 6.07) is 2.10. The van der Waals surface area contributed by atoms with Crippen molar-refractivity contribution in [3.05, 3.63) is 17.7 Å². The van der Waals surface area contributed by atoms with E-state index in [0.29, 0.717) is 25.7 Å². The Hall–Kier alpha value is -2.06. The van der Waals surface area contributed by atoms with Crippen LogP contribution < -0.4 is 9.47 Å². The molecular formula is C19H23F5O2S. The first-order chi connectivity index (χ1) is 12.4. The molecule has 0 bridgehead atoms. The maximum atomic E-state index is 13.6. The van der Waals surface area contributed by atoms with Gasteiger partial charge in [-0.2, -0.15) is 0 Å². The van der Waals surface area contributed by atoms with E-state index in [1.54, 1.807) is 13.8 Å². The number of unbranched alkanes of at least 4 members (excludes halogenated alkanes) is 2. The Morgan fingerprint density at radius 2 is 1.26 bits per heavy atom. The van der Waals surface area contributed by atoms with Crippen molar-refractivity contribution in [3.63, 3.8) is 0 Å². The summed E-state index contributed by atoms with van der Waals surface area (Å²) in [7, 11) is -9.97. The number of hydrogen-bond acceptors (Lipinski definition) is 2. The minimum absolute atomic E-state index is 0.0746. The number of halogens is 5. The maximum Gasteiger partial charge on any atom is 0.314 e. The summed E-state index contributed by atoms with van der Waals surface area (Å²) in [6.07, 6.45) is 1.72. The van der Waals surface area contributed by atoms with Gasteiger partial charge in [0.15, 0.2) is 4.90 Å². The maximum absolute atomic E-state index is 13.6. The highest BCUT2D eigenvalue weighted by Gasteiger charge is 2.68. The molecule has 0 aromatic heterocycles. The van der Waals surface area contributed by atoms with E-state index in [2.05, 4.69) is 23.7 Å². The third kappa shape index (κ3) is 7.60. The number of hydrogen-bond donors (Lipinski definition) is 0. The van der Waals surface area contributed by atoms with Crippen molar-refractivity contribution in [2.45, 2.75) is 51.3 Å². The molecule has 0 saturated carbocycles. The van der Waals surface area contributed by atoms with Crippen LogP contribution in [0.25, 0.3) is 0 Å². The summed E-state index contributed by atoms with van der Waals surface area (Å²) in [5, 5.41) is 0. The molecule has 0 saturated heterocycles. The predicted octanol–water partition coefficient (Wildman–Crippen LogP) is 7.02. The number of rotatable bonds is 9. The van der Waals surface area contributed by atoms with E-state index in [4.69, 9.17) is 9.47 Å². The van der Waals surface area contributed by atoms with Crippen molar-refractivity contribution in [3.8, 4) is 35.2 Å². The second kappa shape index (κ2) is 8.31. The molecule has 0 unspecified atom stereocenters. The first-order valence-corrected chi connectivity index (χ1v) is 10.3. The van der Waals surface area contributed by atoms with Crippen LogP contribution in [0.4, 0.5) is 19.4 Å². The highest BCUT2D eigenvalue weighted by atomic mass is 32.5. The molecule has 0 heterocycles. The topological polar surface area (TPSA) is 18.5 Å². The molecular weight excluding hydrogens is 387 g/mol. The zero-order valence-corrected chi connectivity index (χ0v) is 16.3. The van der Waals surface area contributed by atoms with Crippen molar-refractivity contribution in [1.29, 1.82) is 0 Å². The van der Waals surface area contributed by atoms with Crippen LogP contribution in [0.15, 0.2) is 17.0 Å². The predicted molar refractivity (Wildman–Crippen MR) is 98.9 cm³/mol. The van der Waals surface area contributed by atoms with Crippen LogP contribution in [0, 0.1) is 30.6 Å². The van der Waals surface area contributed by atoms with Crippen LogP contribution in [0.5, 0.6) is 11.5 Å². The van der Waals surface area contributed by atoms with Gasteiger partial charge in [0.1, 0.15) is 11.5 Å². The van der Waals surface area contributed by atoms with Crippen molar-refractivity contribution in [1.82, 2.24) is 0 Å². The highest BCUT2D eigenvalue weighted by Crippen LogP contribution is 3.03. The summed E-state index contributed by atoms with van der Waals surface area (Å²) in [6.45, 7) is 4.18. The van der Waals surface area contributed by atoms with E-state index in [0.717, 1.165) is 13.0 Å². The van der Waals surface area contributed by atoms with E-state index in [-0.39, 0.29) is 19.0 Å². The molecule has 0 amide bonds. The van der Waals surface area contributed by atoms with Gasteiger partial charge >= 0.3 is 10.2 Å². The zero-order valence-electron chi connectivity index (χ0n) is 15.5. The monoisotopic (exact) mass is 410 g/mol. The van der Waals surface area contributed by atoms with Crippen LogP contribution in [-0.4, -0.2) is 13.2 Å². The molecule has 152 valence electrons. The van der Waals surface area contributed by atoms with Crippen LogP contribution in [0.2, 0.25) is 0 Å².